The van der Waals surface area contributed by atoms with Crippen LogP contribution in [-0.4, -0.2) is 57.3 Å². The van der Waals surface area contributed by atoms with Gasteiger partial charge in [0.2, 0.25) is 0 Å². The molecule has 0 atom stereocenters. The monoisotopic (exact) mass is 480 g/mol. The molecule has 2 amide bonds. The molecule has 36 heavy (non-hydrogen) atoms. The summed E-state index contributed by atoms with van der Waals surface area (Å²) in [7, 11) is 0. The van der Waals surface area contributed by atoms with Crippen molar-refractivity contribution in [3.63, 3.8) is 0 Å². The fraction of sp³-hybridized carbons (Fsp3) is 0.207. The van der Waals surface area contributed by atoms with Crippen LogP contribution in [0.5, 0.6) is 5.75 Å². The fourth-order valence-corrected chi connectivity index (χ4v) is 4.32. The topological polar surface area (TPSA) is 67.7 Å². The van der Waals surface area contributed by atoms with E-state index in [-0.39, 0.29) is 11.8 Å². The fourth-order valence-electron chi connectivity index (χ4n) is 4.32. The van der Waals surface area contributed by atoms with Crippen molar-refractivity contribution in [2.24, 2.45) is 0 Å². The highest BCUT2D eigenvalue weighted by Crippen LogP contribution is 2.17. The molecule has 1 aliphatic heterocycles. The van der Waals surface area contributed by atoms with Gasteiger partial charge in [-0.3, -0.25) is 14.6 Å². The summed E-state index contributed by atoms with van der Waals surface area (Å²) in [6.07, 6.45) is 5.42. The van der Waals surface area contributed by atoms with Crippen LogP contribution < -0.4 is 4.74 Å². The number of piperazine rings is 1. The van der Waals surface area contributed by atoms with Gasteiger partial charge in [0.25, 0.3) is 11.8 Å². The van der Waals surface area contributed by atoms with Crippen LogP contribution in [0.25, 0.3) is 0 Å². The van der Waals surface area contributed by atoms with Crippen molar-refractivity contribution in [3.8, 4) is 5.75 Å². The molecule has 7 heteroatoms. The van der Waals surface area contributed by atoms with E-state index in [1.807, 2.05) is 82.4 Å². The minimum Gasteiger partial charge on any atom is -0.489 e. The largest absolute Gasteiger partial charge is 0.489 e. The molecule has 0 unspecified atom stereocenters. The zero-order chi connectivity index (χ0) is 24.7. The first kappa shape index (κ1) is 23.4. The number of carbonyl (C=O) groups excluding carboxylic acids is 2. The van der Waals surface area contributed by atoms with E-state index in [1.54, 1.807) is 29.4 Å². The smallest absolute Gasteiger partial charge is 0.270 e. The van der Waals surface area contributed by atoms with Crippen LogP contribution in [-0.2, 0) is 13.2 Å². The molecule has 1 saturated heterocycles. The van der Waals surface area contributed by atoms with Crippen LogP contribution in [0.4, 0.5) is 0 Å². The van der Waals surface area contributed by atoms with Crippen LogP contribution in [0.15, 0.2) is 97.5 Å². The Morgan fingerprint density at radius 1 is 0.722 bits per heavy atom. The molecule has 4 aromatic rings. The van der Waals surface area contributed by atoms with Crippen molar-refractivity contribution < 1.29 is 14.3 Å². The van der Waals surface area contributed by atoms with Crippen molar-refractivity contribution in [3.05, 3.63) is 120 Å². The lowest BCUT2D eigenvalue weighted by atomic mass is 10.1. The number of amides is 2. The number of carbonyl (C=O) groups is 2. The van der Waals surface area contributed by atoms with Gasteiger partial charge in [0.15, 0.2) is 0 Å². The molecule has 0 saturated carbocycles. The van der Waals surface area contributed by atoms with Gasteiger partial charge in [0.1, 0.15) is 18.1 Å². The van der Waals surface area contributed by atoms with Gasteiger partial charge in [0, 0.05) is 56.9 Å². The van der Waals surface area contributed by atoms with Gasteiger partial charge in [-0.25, -0.2) is 0 Å². The first-order chi connectivity index (χ1) is 17.7. The van der Waals surface area contributed by atoms with E-state index < -0.39 is 0 Å². The average Bonchev–Trinajstić information content (AvgIpc) is 3.40. The van der Waals surface area contributed by atoms with Crippen molar-refractivity contribution in [1.29, 1.82) is 0 Å². The summed E-state index contributed by atoms with van der Waals surface area (Å²) in [6, 6.07) is 24.8. The predicted octanol–water partition coefficient (Wildman–Crippen LogP) is 4.11. The number of nitrogens with zero attached hydrogens (tertiary/aromatic N) is 4. The second kappa shape index (κ2) is 10.9. The molecule has 2 aromatic carbocycles. The van der Waals surface area contributed by atoms with Crippen LogP contribution in [0.3, 0.4) is 0 Å². The van der Waals surface area contributed by atoms with Crippen molar-refractivity contribution in [1.82, 2.24) is 19.4 Å². The minimum absolute atomic E-state index is 0.0129. The third kappa shape index (κ3) is 5.46. The molecule has 0 aliphatic carbocycles. The number of hydrogen-bond acceptors (Lipinski definition) is 4. The first-order valence-electron chi connectivity index (χ1n) is 12.1. The molecule has 2 aromatic heterocycles. The van der Waals surface area contributed by atoms with E-state index in [0.717, 1.165) is 16.9 Å². The molecule has 7 nitrogen and oxygen atoms in total. The minimum atomic E-state index is -0.0298. The Kier molecular flexibility index (Phi) is 7.07. The summed E-state index contributed by atoms with van der Waals surface area (Å²) in [5.41, 5.74) is 3.45. The summed E-state index contributed by atoms with van der Waals surface area (Å²) in [5.74, 6) is 0.680. The molecule has 0 spiro atoms. The number of aromatic nitrogens is 2. The molecule has 3 heterocycles. The highest BCUT2D eigenvalue weighted by Gasteiger charge is 2.26. The Balaban J connectivity index is 1.14. The lowest BCUT2D eigenvalue weighted by Crippen LogP contribution is -2.50. The second-order valence-electron chi connectivity index (χ2n) is 8.76. The van der Waals surface area contributed by atoms with Gasteiger partial charge >= 0.3 is 0 Å². The third-order valence-corrected chi connectivity index (χ3v) is 6.35. The maximum Gasteiger partial charge on any atom is 0.270 e. The summed E-state index contributed by atoms with van der Waals surface area (Å²) >= 11 is 0. The number of benzene rings is 2. The highest BCUT2D eigenvalue weighted by molar-refractivity contribution is 5.95. The Hall–Kier alpha value is -4.39. The number of rotatable bonds is 7. The van der Waals surface area contributed by atoms with Crippen LogP contribution in [0.1, 0.15) is 32.0 Å². The van der Waals surface area contributed by atoms with Gasteiger partial charge in [-0.05, 0) is 59.7 Å². The van der Waals surface area contributed by atoms with Gasteiger partial charge < -0.3 is 19.1 Å². The van der Waals surface area contributed by atoms with E-state index in [1.165, 1.54) is 0 Å². The SMILES string of the molecule is O=C(c1ccc(OCc2ccccc2)cc1)N1CCN(C(=O)c2cccn2Cc2ccncc2)CC1. The number of hydrogen-bond donors (Lipinski definition) is 0. The van der Waals surface area contributed by atoms with Crippen LogP contribution in [0, 0.1) is 0 Å². The summed E-state index contributed by atoms with van der Waals surface area (Å²) in [4.78, 5) is 33.9. The predicted molar refractivity (Wildman–Crippen MR) is 137 cm³/mol. The quantitative estimate of drug-likeness (QED) is 0.399. The molecule has 1 aliphatic rings. The zero-order valence-corrected chi connectivity index (χ0v) is 20.0. The summed E-state index contributed by atoms with van der Waals surface area (Å²) in [5, 5.41) is 0. The molecule has 0 N–H and O–H groups in total. The third-order valence-electron chi connectivity index (χ3n) is 6.35. The van der Waals surface area contributed by atoms with E-state index in [2.05, 4.69) is 4.98 Å². The summed E-state index contributed by atoms with van der Waals surface area (Å²) in [6.45, 7) is 3.10. The average molecular weight is 481 g/mol. The van der Waals surface area contributed by atoms with Gasteiger partial charge in [-0.15, -0.1) is 0 Å². The first-order valence-corrected chi connectivity index (χ1v) is 12.1. The normalized spacial score (nSPS) is 13.4. The van der Waals surface area contributed by atoms with Crippen molar-refractivity contribution >= 4 is 11.8 Å². The zero-order valence-electron chi connectivity index (χ0n) is 20.0. The van der Waals surface area contributed by atoms with Crippen molar-refractivity contribution in [2.75, 3.05) is 26.2 Å². The molecule has 182 valence electrons. The molecule has 1 fully saturated rings. The van der Waals surface area contributed by atoms with Gasteiger partial charge in [-0.2, -0.15) is 0 Å². The van der Waals surface area contributed by atoms with Gasteiger partial charge in [-0.1, -0.05) is 30.3 Å². The molecular weight excluding hydrogens is 452 g/mol. The van der Waals surface area contributed by atoms with E-state index >= 15 is 0 Å². The lowest BCUT2D eigenvalue weighted by Gasteiger charge is -2.35. The number of pyridine rings is 1. The lowest BCUT2D eigenvalue weighted by molar-refractivity contribution is 0.0530. The maximum atomic E-state index is 13.2. The Morgan fingerprint density at radius 2 is 1.39 bits per heavy atom. The molecular formula is C29H28N4O3. The standard InChI is InChI=1S/C29H28N4O3/c34-28(25-8-10-26(11-9-25)36-22-24-5-2-1-3-6-24)31-17-19-32(20-18-31)29(35)27-7-4-16-33(27)21-23-12-14-30-15-13-23/h1-16H,17-22H2. The molecule has 0 radical (unpaired) electrons. The highest BCUT2D eigenvalue weighted by atomic mass is 16.5. The maximum absolute atomic E-state index is 13.2. The van der Waals surface area contributed by atoms with E-state index in [9.17, 15) is 9.59 Å². The Bertz CT molecular complexity index is 1300. The second-order valence-corrected chi connectivity index (χ2v) is 8.76. The van der Waals surface area contributed by atoms with E-state index in [4.69, 9.17) is 4.74 Å². The number of ether oxygens (including phenoxy) is 1. The van der Waals surface area contributed by atoms with Crippen molar-refractivity contribution in [2.45, 2.75) is 13.2 Å². The Morgan fingerprint density at radius 3 is 2.08 bits per heavy atom. The molecule has 5 rings (SSSR count). The van der Waals surface area contributed by atoms with Gasteiger partial charge in [0.05, 0.1) is 0 Å². The van der Waals surface area contributed by atoms with E-state index in [0.29, 0.717) is 50.6 Å². The summed E-state index contributed by atoms with van der Waals surface area (Å²) < 4.78 is 7.78. The van der Waals surface area contributed by atoms with Crippen LogP contribution >= 0.6 is 0 Å². The molecule has 0 bridgehead atoms. The Labute approximate surface area is 210 Å². The van der Waals surface area contributed by atoms with Crippen LogP contribution in [0.2, 0.25) is 0 Å².